The van der Waals surface area contributed by atoms with Crippen molar-refractivity contribution in [3.05, 3.63) is 82.9 Å². The number of nitrogens with one attached hydrogen (secondary N) is 1. The zero-order valence-corrected chi connectivity index (χ0v) is 19.0. The predicted octanol–water partition coefficient (Wildman–Crippen LogP) is 6.09. The van der Waals surface area contributed by atoms with Crippen LogP contribution in [0.15, 0.2) is 66.7 Å². The van der Waals surface area contributed by atoms with E-state index in [0.29, 0.717) is 10.6 Å². The van der Waals surface area contributed by atoms with E-state index in [1.807, 2.05) is 53.4 Å². The third-order valence-electron chi connectivity index (χ3n) is 5.84. The summed E-state index contributed by atoms with van der Waals surface area (Å²) < 4.78 is 4.79. The highest BCUT2D eigenvalue weighted by Crippen LogP contribution is 2.41. The molecule has 1 amide bonds. The van der Waals surface area contributed by atoms with Crippen LogP contribution in [0.1, 0.15) is 42.2 Å². The highest BCUT2D eigenvalue weighted by Gasteiger charge is 2.32. The van der Waals surface area contributed by atoms with Gasteiger partial charge in [0.05, 0.1) is 18.7 Å². The van der Waals surface area contributed by atoms with E-state index in [2.05, 4.69) is 18.3 Å². The Morgan fingerprint density at radius 2 is 1.66 bits per heavy atom. The smallest absolute Gasteiger partial charge is 0.337 e. The van der Waals surface area contributed by atoms with Gasteiger partial charge in [0.25, 0.3) is 0 Å². The summed E-state index contributed by atoms with van der Waals surface area (Å²) in [4.78, 5) is 26.0. The molecule has 1 aliphatic heterocycles. The lowest BCUT2D eigenvalue weighted by Crippen LogP contribution is -2.43. The molecule has 5 nitrogen and oxygen atoms in total. The lowest BCUT2D eigenvalue weighted by molar-refractivity contribution is -0.117. The average Bonchev–Trinajstić information content (AvgIpc) is 2.79. The Kier molecular flexibility index (Phi) is 6.19. The lowest BCUT2D eigenvalue weighted by Gasteiger charge is -2.39. The van der Waals surface area contributed by atoms with Crippen molar-refractivity contribution in [1.29, 1.82) is 0 Å². The molecule has 0 aliphatic carbocycles. The predicted molar refractivity (Wildman–Crippen MR) is 128 cm³/mol. The first-order valence-electron chi connectivity index (χ1n) is 10.5. The molecular weight excluding hydrogens is 424 g/mol. The molecule has 2 atom stereocenters. The van der Waals surface area contributed by atoms with Gasteiger partial charge in [-0.1, -0.05) is 29.8 Å². The van der Waals surface area contributed by atoms with Gasteiger partial charge in [0.2, 0.25) is 5.91 Å². The van der Waals surface area contributed by atoms with Crippen LogP contribution in [0.4, 0.5) is 11.4 Å². The van der Waals surface area contributed by atoms with Crippen molar-refractivity contribution in [2.45, 2.75) is 32.4 Å². The molecular formula is C26H25ClN2O3. The summed E-state index contributed by atoms with van der Waals surface area (Å²) in [6.07, 6.45) is 0.778. The first-order valence-corrected chi connectivity index (χ1v) is 10.9. The molecule has 3 aromatic carbocycles. The molecule has 4 rings (SSSR count). The highest BCUT2D eigenvalue weighted by atomic mass is 35.5. The molecule has 0 radical (unpaired) electrons. The van der Waals surface area contributed by atoms with Gasteiger partial charge < -0.3 is 15.0 Å². The molecule has 1 aliphatic rings. The normalized spacial score (nSPS) is 17.4. The number of fused-ring (bicyclic) bond motifs is 1. The van der Waals surface area contributed by atoms with Crippen LogP contribution in [0.3, 0.4) is 0 Å². The zero-order chi connectivity index (χ0) is 22.8. The fraction of sp³-hybridized carbons (Fsp3) is 0.231. The van der Waals surface area contributed by atoms with Crippen LogP contribution in [0.5, 0.6) is 0 Å². The summed E-state index contributed by atoms with van der Waals surface area (Å²) in [5, 5.41) is 4.30. The van der Waals surface area contributed by atoms with Crippen LogP contribution in [-0.2, 0) is 9.53 Å². The summed E-state index contributed by atoms with van der Waals surface area (Å²) in [6, 6.07) is 21.2. The van der Waals surface area contributed by atoms with Crippen molar-refractivity contribution in [3.63, 3.8) is 0 Å². The number of carbonyl (C=O) groups is 2. The Morgan fingerprint density at radius 1 is 1.00 bits per heavy atom. The third-order valence-corrected chi connectivity index (χ3v) is 6.10. The van der Waals surface area contributed by atoms with E-state index in [4.69, 9.17) is 16.3 Å². The molecule has 6 heteroatoms. The van der Waals surface area contributed by atoms with Gasteiger partial charge in [-0.2, -0.15) is 0 Å². The average molecular weight is 449 g/mol. The summed E-state index contributed by atoms with van der Waals surface area (Å²) in [5.74, 6) is -0.334. The van der Waals surface area contributed by atoms with E-state index in [-0.39, 0.29) is 24.0 Å². The van der Waals surface area contributed by atoms with Crippen LogP contribution >= 0.6 is 11.6 Å². The van der Waals surface area contributed by atoms with Crippen molar-refractivity contribution >= 4 is 34.9 Å². The van der Waals surface area contributed by atoms with Crippen LogP contribution in [-0.4, -0.2) is 25.0 Å². The van der Waals surface area contributed by atoms with Gasteiger partial charge in [-0.3, -0.25) is 4.79 Å². The van der Waals surface area contributed by atoms with Gasteiger partial charge >= 0.3 is 5.97 Å². The van der Waals surface area contributed by atoms with E-state index < -0.39 is 0 Å². The van der Waals surface area contributed by atoms with Gasteiger partial charge in [-0.25, -0.2) is 4.79 Å². The Morgan fingerprint density at radius 3 is 2.28 bits per heavy atom. The van der Waals surface area contributed by atoms with Gasteiger partial charge in [0, 0.05) is 29.4 Å². The summed E-state index contributed by atoms with van der Waals surface area (Å²) >= 11 is 6.04. The number of carbonyl (C=O) groups excluding carboxylic acids is 2. The van der Waals surface area contributed by atoms with Crippen molar-refractivity contribution < 1.29 is 14.3 Å². The third kappa shape index (κ3) is 4.34. The maximum Gasteiger partial charge on any atom is 0.337 e. The second-order valence-corrected chi connectivity index (χ2v) is 8.46. The maximum atomic E-state index is 12.4. The Hall–Kier alpha value is -3.31. The number of halogens is 1. The maximum absolute atomic E-state index is 12.4. The fourth-order valence-electron chi connectivity index (χ4n) is 4.32. The standard InChI is InChI=1S/C26H25ClN2O3/c1-16-14-24(28-22-11-9-21(27)10-12-22)23-15-20(8-13-25(23)29(16)17(2)30)18-4-6-19(7-5-18)26(31)32-3/h4-13,15-16,24,28H,14H2,1-3H3/t16-,24+/m0/s1. The molecule has 0 unspecified atom stereocenters. The number of nitrogens with zero attached hydrogens (tertiary/aromatic N) is 1. The number of hydrogen-bond donors (Lipinski definition) is 1. The Labute approximate surface area is 193 Å². The molecule has 0 spiro atoms. The van der Waals surface area contributed by atoms with Crippen molar-refractivity contribution in [2.24, 2.45) is 0 Å². The largest absolute Gasteiger partial charge is 0.465 e. The molecule has 0 aromatic heterocycles. The first-order chi connectivity index (χ1) is 15.4. The number of anilines is 2. The lowest BCUT2D eigenvalue weighted by atomic mass is 9.88. The van der Waals surface area contributed by atoms with Crippen LogP contribution in [0.2, 0.25) is 5.02 Å². The monoisotopic (exact) mass is 448 g/mol. The van der Waals surface area contributed by atoms with Crippen molar-refractivity contribution in [1.82, 2.24) is 0 Å². The fourth-order valence-corrected chi connectivity index (χ4v) is 4.45. The van der Waals surface area contributed by atoms with Gasteiger partial charge in [0.1, 0.15) is 0 Å². The topological polar surface area (TPSA) is 58.6 Å². The molecule has 3 aromatic rings. The van der Waals surface area contributed by atoms with E-state index in [1.54, 1.807) is 19.1 Å². The van der Waals surface area contributed by atoms with Crippen molar-refractivity contribution in [3.8, 4) is 11.1 Å². The van der Waals surface area contributed by atoms with Crippen LogP contribution < -0.4 is 10.2 Å². The van der Waals surface area contributed by atoms with Crippen LogP contribution in [0.25, 0.3) is 11.1 Å². The molecule has 1 heterocycles. The SMILES string of the molecule is COC(=O)c1ccc(-c2ccc3c(c2)[C@H](Nc2ccc(Cl)cc2)C[C@H](C)N3C(C)=O)cc1. The zero-order valence-electron chi connectivity index (χ0n) is 18.3. The number of ether oxygens (including phenoxy) is 1. The highest BCUT2D eigenvalue weighted by molar-refractivity contribution is 6.30. The summed E-state index contributed by atoms with van der Waals surface area (Å²) in [6.45, 7) is 3.67. The summed E-state index contributed by atoms with van der Waals surface area (Å²) in [5.41, 5.74) is 5.45. The molecule has 0 fully saturated rings. The molecule has 0 saturated carbocycles. The van der Waals surface area contributed by atoms with E-state index in [0.717, 1.165) is 34.5 Å². The number of benzene rings is 3. The molecule has 32 heavy (non-hydrogen) atoms. The molecule has 0 bridgehead atoms. The molecule has 164 valence electrons. The molecule has 1 N–H and O–H groups in total. The number of esters is 1. The number of rotatable bonds is 4. The quantitative estimate of drug-likeness (QED) is 0.490. The van der Waals surface area contributed by atoms with E-state index in [9.17, 15) is 9.59 Å². The van der Waals surface area contributed by atoms with E-state index >= 15 is 0 Å². The number of methoxy groups -OCH3 is 1. The Bertz CT molecular complexity index is 1140. The number of amides is 1. The van der Waals surface area contributed by atoms with Gasteiger partial charge in [-0.15, -0.1) is 0 Å². The Balaban J connectivity index is 1.73. The first kappa shape index (κ1) is 21.9. The van der Waals surface area contributed by atoms with Gasteiger partial charge in [-0.05, 0) is 78.6 Å². The minimum Gasteiger partial charge on any atom is -0.465 e. The van der Waals surface area contributed by atoms with Gasteiger partial charge in [0.15, 0.2) is 0 Å². The second-order valence-electron chi connectivity index (χ2n) is 8.02. The van der Waals surface area contributed by atoms with Crippen molar-refractivity contribution in [2.75, 3.05) is 17.3 Å². The van der Waals surface area contributed by atoms with Crippen LogP contribution in [0, 0.1) is 0 Å². The molecule has 0 saturated heterocycles. The number of hydrogen-bond acceptors (Lipinski definition) is 4. The minimum absolute atomic E-state index is 0.0267. The van der Waals surface area contributed by atoms with E-state index in [1.165, 1.54) is 7.11 Å². The summed E-state index contributed by atoms with van der Waals surface area (Å²) in [7, 11) is 1.37. The minimum atomic E-state index is -0.361. The second kappa shape index (κ2) is 9.05.